The van der Waals surface area contributed by atoms with Crippen LogP contribution in [0.4, 0.5) is 0 Å². The summed E-state index contributed by atoms with van der Waals surface area (Å²) < 4.78 is 11.6. The van der Waals surface area contributed by atoms with Crippen LogP contribution in [0.3, 0.4) is 0 Å². The molecule has 7 heteroatoms. The molecule has 0 aromatic heterocycles. The number of amides is 2. The predicted molar refractivity (Wildman–Crippen MR) is 86.2 cm³/mol. The molecular formula is C17H28N2O5. The summed E-state index contributed by atoms with van der Waals surface area (Å²) in [5.41, 5.74) is 0. The number of nitrogens with zero attached hydrogens (tertiary/aromatic N) is 1. The molecule has 4 atom stereocenters. The molecule has 0 spiro atoms. The van der Waals surface area contributed by atoms with Gasteiger partial charge in [0.1, 0.15) is 6.10 Å². The fourth-order valence-corrected chi connectivity index (χ4v) is 3.64. The van der Waals surface area contributed by atoms with Crippen molar-refractivity contribution in [2.45, 2.75) is 63.4 Å². The van der Waals surface area contributed by atoms with Crippen molar-refractivity contribution in [3.63, 3.8) is 0 Å². The van der Waals surface area contributed by atoms with Crippen LogP contribution >= 0.6 is 0 Å². The van der Waals surface area contributed by atoms with Gasteiger partial charge in [0, 0.05) is 19.0 Å². The van der Waals surface area contributed by atoms with E-state index in [9.17, 15) is 14.7 Å². The van der Waals surface area contributed by atoms with Crippen molar-refractivity contribution in [1.82, 2.24) is 10.2 Å². The number of β-amino-alcohol motifs (C(OH)–C–C–N with tert-alkyl or cyclic N) is 1. The number of ether oxygens (including phenoxy) is 2. The molecule has 3 fully saturated rings. The zero-order chi connectivity index (χ0) is 17.1. The average Bonchev–Trinajstić information content (AvgIpc) is 3.36. The maximum absolute atomic E-state index is 12.6. The van der Waals surface area contributed by atoms with Crippen molar-refractivity contribution in [2.24, 2.45) is 5.92 Å². The van der Waals surface area contributed by atoms with Gasteiger partial charge < -0.3 is 24.8 Å². The van der Waals surface area contributed by atoms with Crippen molar-refractivity contribution < 1.29 is 24.2 Å². The molecule has 1 aliphatic carbocycles. The monoisotopic (exact) mass is 340 g/mol. The molecule has 2 N–H and O–H groups in total. The van der Waals surface area contributed by atoms with Gasteiger partial charge in [0.2, 0.25) is 11.8 Å². The van der Waals surface area contributed by atoms with Crippen LogP contribution in [-0.4, -0.2) is 72.5 Å². The van der Waals surface area contributed by atoms with Crippen LogP contribution in [0.1, 0.15) is 39.0 Å². The van der Waals surface area contributed by atoms with Gasteiger partial charge in [-0.1, -0.05) is 0 Å². The second-order valence-electron chi connectivity index (χ2n) is 7.06. The van der Waals surface area contributed by atoms with Crippen LogP contribution in [-0.2, 0) is 19.1 Å². The van der Waals surface area contributed by atoms with Gasteiger partial charge in [-0.2, -0.15) is 0 Å². The first-order valence-corrected chi connectivity index (χ1v) is 9.07. The quantitative estimate of drug-likeness (QED) is 0.755. The molecule has 0 bridgehead atoms. The van der Waals surface area contributed by atoms with Crippen molar-refractivity contribution in [3.8, 4) is 0 Å². The molecule has 2 saturated heterocycles. The Balaban J connectivity index is 1.65. The summed E-state index contributed by atoms with van der Waals surface area (Å²) in [5.74, 6) is 0.247. The number of aliphatic hydroxyl groups excluding tert-OH is 1. The van der Waals surface area contributed by atoms with Gasteiger partial charge in [0.25, 0.3) is 0 Å². The van der Waals surface area contributed by atoms with Crippen molar-refractivity contribution in [3.05, 3.63) is 0 Å². The van der Waals surface area contributed by atoms with E-state index in [0.717, 1.165) is 25.7 Å². The predicted octanol–water partition coefficient (Wildman–Crippen LogP) is 0.0585. The van der Waals surface area contributed by atoms with E-state index in [1.165, 1.54) is 0 Å². The number of rotatable bonds is 4. The van der Waals surface area contributed by atoms with Gasteiger partial charge >= 0.3 is 0 Å². The minimum absolute atomic E-state index is 0.00551. The highest BCUT2D eigenvalue weighted by atomic mass is 16.5. The summed E-state index contributed by atoms with van der Waals surface area (Å²) in [6.45, 7) is 3.37. The minimum atomic E-state index is -0.651. The molecule has 136 valence electrons. The first-order chi connectivity index (χ1) is 11.6. The highest BCUT2D eigenvalue weighted by Gasteiger charge is 2.43. The van der Waals surface area contributed by atoms with Crippen molar-refractivity contribution >= 4 is 11.8 Å². The number of carbonyl (C=O) groups is 2. The molecule has 0 aromatic rings. The van der Waals surface area contributed by atoms with E-state index in [1.54, 1.807) is 0 Å². The van der Waals surface area contributed by atoms with E-state index in [1.807, 2.05) is 11.8 Å². The van der Waals surface area contributed by atoms with Crippen LogP contribution in [0.5, 0.6) is 0 Å². The molecule has 2 heterocycles. The molecular weight excluding hydrogens is 312 g/mol. The highest BCUT2D eigenvalue weighted by molar-refractivity contribution is 5.81. The molecule has 24 heavy (non-hydrogen) atoms. The summed E-state index contributed by atoms with van der Waals surface area (Å²) in [5, 5.41) is 12.8. The maximum atomic E-state index is 12.6. The second-order valence-corrected chi connectivity index (χ2v) is 7.06. The van der Waals surface area contributed by atoms with E-state index in [-0.39, 0.29) is 42.6 Å². The molecule has 0 unspecified atom stereocenters. The summed E-state index contributed by atoms with van der Waals surface area (Å²) in [6.07, 6.45) is 2.74. The van der Waals surface area contributed by atoms with Gasteiger partial charge in [-0.3, -0.25) is 9.59 Å². The average molecular weight is 340 g/mol. The van der Waals surface area contributed by atoms with Gasteiger partial charge in [0.05, 0.1) is 37.9 Å². The zero-order valence-electron chi connectivity index (χ0n) is 14.3. The molecule has 0 aromatic carbocycles. The topological polar surface area (TPSA) is 88.1 Å². The third kappa shape index (κ3) is 4.26. The van der Waals surface area contributed by atoms with Crippen LogP contribution in [0.2, 0.25) is 0 Å². The van der Waals surface area contributed by atoms with Crippen LogP contribution in [0.15, 0.2) is 0 Å². The Kier molecular flexibility index (Phi) is 5.73. The molecule has 0 radical (unpaired) electrons. The number of fused-ring (bicyclic) bond motifs is 1. The Labute approximate surface area is 142 Å². The summed E-state index contributed by atoms with van der Waals surface area (Å²) in [7, 11) is 0. The first kappa shape index (κ1) is 17.6. The van der Waals surface area contributed by atoms with E-state index in [2.05, 4.69) is 5.32 Å². The third-order valence-corrected chi connectivity index (χ3v) is 4.98. The highest BCUT2D eigenvalue weighted by Crippen LogP contribution is 2.35. The van der Waals surface area contributed by atoms with Gasteiger partial charge in [-0.25, -0.2) is 0 Å². The Morgan fingerprint density at radius 3 is 2.71 bits per heavy atom. The smallest absolute Gasteiger partial charge is 0.226 e. The molecule has 2 amide bonds. The Hall–Kier alpha value is -1.18. The number of hydrogen-bond donors (Lipinski definition) is 2. The lowest BCUT2D eigenvalue weighted by Crippen LogP contribution is -2.57. The largest absolute Gasteiger partial charge is 0.389 e. The van der Waals surface area contributed by atoms with E-state index >= 15 is 0 Å². The van der Waals surface area contributed by atoms with E-state index < -0.39 is 6.10 Å². The van der Waals surface area contributed by atoms with Crippen LogP contribution in [0, 0.1) is 5.92 Å². The Morgan fingerprint density at radius 2 is 2.00 bits per heavy atom. The minimum Gasteiger partial charge on any atom is -0.389 e. The van der Waals surface area contributed by atoms with Gasteiger partial charge in [0.15, 0.2) is 0 Å². The Bertz CT molecular complexity index is 468. The molecule has 1 saturated carbocycles. The first-order valence-electron chi connectivity index (χ1n) is 9.07. The molecule has 3 rings (SSSR count). The molecule has 3 aliphatic rings. The third-order valence-electron chi connectivity index (χ3n) is 4.98. The lowest BCUT2D eigenvalue weighted by atomic mass is 9.94. The number of hydrogen-bond acceptors (Lipinski definition) is 5. The summed E-state index contributed by atoms with van der Waals surface area (Å²) in [4.78, 5) is 26.2. The molecule has 2 aliphatic heterocycles. The maximum Gasteiger partial charge on any atom is 0.226 e. The number of aliphatic hydroxyl groups is 1. The fraction of sp³-hybridized carbons (Fsp3) is 0.882. The van der Waals surface area contributed by atoms with Gasteiger partial charge in [-0.15, -0.1) is 0 Å². The number of carbonyl (C=O) groups excluding carboxylic acids is 2. The van der Waals surface area contributed by atoms with Crippen molar-refractivity contribution in [1.29, 1.82) is 0 Å². The molecule has 7 nitrogen and oxygen atoms in total. The summed E-state index contributed by atoms with van der Waals surface area (Å²) >= 11 is 0. The van der Waals surface area contributed by atoms with Gasteiger partial charge in [-0.05, 0) is 32.6 Å². The second kappa shape index (κ2) is 7.80. The lowest BCUT2D eigenvalue weighted by molar-refractivity contribution is -0.170. The summed E-state index contributed by atoms with van der Waals surface area (Å²) in [6, 6.07) is -0.0708. The van der Waals surface area contributed by atoms with Crippen LogP contribution < -0.4 is 5.32 Å². The normalized spacial score (nSPS) is 34.0. The van der Waals surface area contributed by atoms with E-state index in [0.29, 0.717) is 26.1 Å². The Morgan fingerprint density at radius 1 is 1.21 bits per heavy atom. The fourth-order valence-electron chi connectivity index (χ4n) is 3.64. The van der Waals surface area contributed by atoms with E-state index in [4.69, 9.17) is 9.47 Å². The van der Waals surface area contributed by atoms with Crippen molar-refractivity contribution in [2.75, 3.05) is 26.3 Å². The standard InChI is InChI=1S/C17H28N2O5/c1-2-18-16(21)7-13-5-6-14-15(24-13)10-23-9-12(20)8-19(14)17(22)11-3-4-11/h11-15,20H,2-10H2,1H3,(H,18,21)/t12-,13-,14-,15+/m1/s1. The SMILES string of the molecule is CCNC(=O)C[C@H]1CC[C@@H]2[C@H](COC[C@H](O)CN2C(=O)C2CC2)O1. The number of nitrogens with one attached hydrogen (secondary N) is 1. The zero-order valence-corrected chi connectivity index (χ0v) is 14.3. The lowest BCUT2D eigenvalue weighted by Gasteiger charge is -2.44. The van der Waals surface area contributed by atoms with Crippen LogP contribution in [0.25, 0.3) is 0 Å².